The van der Waals surface area contributed by atoms with E-state index in [0.29, 0.717) is 11.1 Å². The monoisotopic (exact) mass is 323 g/mol. The lowest BCUT2D eigenvalue weighted by Gasteiger charge is -2.11. The van der Waals surface area contributed by atoms with Gasteiger partial charge in [0.2, 0.25) is 0 Å². The van der Waals surface area contributed by atoms with Crippen LogP contribution in [0.3, 0.4) is 0 Å². The number of halogens is 2. The van der Waals surface area contributed by atoms with Crippen LogP contribution in [0, 0.1) is 0 Å². The Balaban J connectivity index is 0.00000256. The van der Waals surface area contributed by atoms with Gasteiger partial charge in [-0.05, 0) is 40.5 Å². The third kappa shape index (κ3) is 4.93. The molecule has 1 aromatic carbocycles. The summed E-state index contributed by atoms with van der Waals surface area (Å²) in [5, 5.41) is 9.31. The molecule has 0 heterocycles. The third-order valence-corrected chi connectivity index (χ3v) is 2.73. The highest BCUT2D eigenvalue weighted by Gasteiger charge is 2.13. The molecule has 6 heteroatoms. The van der Waals surface area contributed by atoms with Gasteiger partial charge in [0, 0.05) is 6.04 Å². The van der Waals surface area contributed by atoms with Crippen molar-refractivity contribution in [3.05, 3.63) is 28.2 Å². The van der Waals surface area contributed by atoms with Crippen molar-refractivity contribution in [2.75, 3.05) is 6.61 Å². The summed E-state index contributed by atoms with van der Waals surface area (Å²) in [6, 6.07) is 4.49. The van der Waals surface area contributed by atoms with Gasteiger partial charge in [0.25, 0.3) is 0 Å². The van der Waals surface area contributed by atoms with Gasteiger partial charge in [-0.25, -0.2) is 0 Å². The highest BCUT2D eigenvalue weighted by atomic mass is 79.9. The van der Waals surface area contributed by atoms with E-state index in [2.05, 4.69) is 15.9 Å². The van der Waals surface area contributed by atoms with Crippen LogP contribution in [0.15, 0.2) is 22.7 Å². The molecule has 0 aliphatic heterocycles. The predicted molar refractivity (Wildman–Crippen MR) is 71.2 cm³/mol. The first kappa shape index (κ1) is 16.2. The Morgan fingerprint density at radius 2 is 2.24 bits per heavy atom. The van der Waals surface area contributed by atoms with Gasteiger partial charge >= 0.3 is 5.97 Å². The molecule has 1 rings (SSSR count). The molecule has 0 aromatic heterocycles. The average Bonchev–Trinajstić information content (AvgIpc) is 2.22. The molecule has 3 N–H and O–H groups in total. The number of esters is 1. The normalized spacial score (nSPS) is 11.5. The van der Waals surface area contributed by atoms with Crippen molar-refractivity contribution in [2.45, 2.75) is 19.4 Å². The Labute approximate surface area is 115 Å². The van der Waals surface area contributed by atoms with Crippen molar-refractivity contribution < 1.29 is 14.6 Å². The number of hydrogen-bond acceptors (Lipinski definition) is 4. The molecule has 96 valence electrons. The van der Waals surface area contributed by atoms with Gasteiger partial charge < -0.3 is 15.6 Å². The van der Waals surface area contributed by atoms with E-state index in [1.54, 1.807) is 19.1 Å². The van der Waals surface area contributed by atoms with E-state index in [1.807, 2.05) is 0 Å². The minimum absolute atomic E-state index is 0. The summed E-state index contributed by atoms with van der Waals surface area (Å²) in [6.45, 7) is 2.10. The molecule has 17 heavy (non-hydrogen) atoms. The highest BCUT2D eigenvalue weighted by Crippen LogP contribution is 2.27. The average molecular weight is 325 g/mol. The molecule has 0 amide bonds. The van der Waals surface area contributed by atoms with E-state index in [-0.39, 0.29) is 30.5 Å². The van der Waals surface area contributed by atoms with Crippen LogP contribution in [0.1, 0.15) is 24.9 Å². The molecule has 0 saturated carbocycles. The number of phenols is 1. The van der Waals surface area contributed by atoms with Crippen LogP contribution in [-0.4, -0.2) is 17.7 Å². The Hall–Kier alpha value is -0.780. The molecule has 0 aliphatic carbocycles. The summed E-state index contributed by atoms with van der Waals surface area (Å²) in [4.78, 5) is 11.2. The summed E-state index contributed by atoms with van der Waals surface area (Å²) in [5.74, 6) is -0.175. The molecule has 4 nitrogen and oxygen atoms in total. The topological polar surface area (TPSA) is 72.5 Å². The number of phenolic OH excluding ortho intramolecular Hbond substituents is 1. The molecular formula is C11H15BrClNO3. The van der Waals surface area contributed by atoms with Crippen molar-refractivity contribution in [1.82, 2.24) is 0 Å². The lowest BCUT2D eigenvalue weighted by atomic mass is 10.0. The zero-order valence-electron chi connectivity index (χ0n) is 9.35. The van der Waals surface area contributed by atoms with Crippen LogP contribution < -0.4 is 5.73 Å². The van der Waals surface area contributed by atoms with Gasteiger partial charge in [-0.1, -0.05) is 6.07 Å². The molecule has 0 spiro atoms. The second-order valence-corrected chi connectivity index (χ2v) is 4.18. The van der Waals surface area contributed by atoms with E-state index in [1.165, 1.54) is 6.07 Å². The Morgan fingerprint density at radius 3 is 2.76 bits per heavy atom. The number of ether oxygens (including phenoxy) is 1. The lowest BCUT2D eigenvalue weighted by molar-refractivity contribution is -0.143. The molecule has 1 atom stereocenters. The second kappa shape index (κ2) is 7.53. The fraction of sp³-hybridized carbons (Fsp3) is 0.364. The zero-order chi connectivity index (χ0) is 12.1. The number of carbonyl (C=O) groups is 1. The van der Waals surface area contributed by atoms with Crippen molar-refractivity contribution in [1.29, 1.82) is 0 Å². The highest BCUT2D eigenvalue weighted by molar-refractivity contribution is 9.10. The van der Waals surface area contributed by atoms with Gasteiger partial charge in [0.15, 0.2) is 0 Å². The quantitative estimate of drug-likeness (QED) is 0.835. The van der Waals surface area contributed by atoms with Crippen LogP contribution >= 0.6 is 28.3 Å². The molecule has 0 fully saturated rings. The van der Waals surface area contributed by atoms with Crippen LogP contribution in [-0.2, 0) is 9.53 Å². The number of aromatic hydroxyl groups is 1. The van der Waals surface area contributed by atoms with E-state index in [4.69, 9.17) is 10.5 Å². The van der Waals surface area contributed by atoms with Crippen LogP contribution in [0.25, 0.3) is 0 Å². The molecule has 0 bridgehead atoms. The third-order valence-electron chi connectivity index (χ3n) is 2.09. The summed E-state index contributed by atoms with van der Waals surface area (Å²) >= 11 is 3.19. The molecule has 0 saturated heterocycles. The van der Waals surface area contributed by atoms with Crippen molar-refractivity contribution in [2.24, 2.45) is 5.73 Å². The van der Waals surface area contributed by atoms with Crippen LogP contribution in [0.4, 0.5) is 0 Å². The number of rotatable bonds is 4. The zero-order valence-corrected chi connectivity index (χ0v) is 11.8. The smallest absolute Gasteiger partial charge is 0.307 e. The molecule has 0 radical (unpaired) electrons. The first-order valence-electron chi connectivity index (χ1n) is 4.94. The first-order chi connectivity index (χ1) is 7.54. The van der Waals surface area contributed by atoms with Gasteiger partial charge in [-0.3, -0.25) is 4.79 Å². The largest absolute Gasteiger partial charge is 0.507 e. The first-order valence-corrected chi connectivity index (χ1v) is 5.73. The van der Waals surface area contributed by atoms with Crippen LogP contribution in [0.5, 0.6) is 5.75 Å². The van der Waals surface area contributed by atoms with E-state index in [0.717, 1.165) is 5.56 Å². The Kier molecular flexibility index (Phi) is 7.18. The number of carbonyl (C=O) groups excluding carboxylic acids is 1. The second-order valence-electron chi connectivity index (χ2n) is 3.33. The minimum Gasteiger partial charge on any atom is -0.507 e. The van der Waals surface area contributed by atoms with Gasteiger partial charge in [-0.15, -0.1) is 12.4 Å². The maximum Gasteiger partial charge on any atom is 0.307 e. The summed E-state index contributed by atoms with van der Waals surface area (Å²) in [7, 11) is 0. The van der Waals surface area contributed by atoms with Crippen molar-refractivity contribution in [3.63, 3.8) is 0 Å². The summed E-state index contributed by atoms with van der Waals surface area (Å²) < 4.78 is 5.37. The number of nitrogens with two attached hydrogens (primary N) is 1. The maximum atomic E-state index is 11.2. The van der Waals surface area contributed by atoms with E-state index < -0.39 is 6.04 Å². The van der Waals surface area contributed by atoms with Gasteiger partial charge in [0.05, 0.1) is 17.5 Å². The molecule has 1 aromatic rings. The number of benzene rings is 1. The van der Waals surface area contributed by atoms with Crippen molar-refractivity contribution >= 4 is 34.3 Å². The van der Waals surface area contributed by atoms with E-state index >= 15 is 0 Å². The van der Waals surface area contributed by atoms with Gasteiger partial charge in [0.1, 0.15) is 5.75 Å². The predicted octanol–water partition coefficient (Wildman–Crippen LogP) is 2.53. The minimum atomic E-state index is -0.420. The molecular weight excluding hydrogens is 309 g/mol. The summed E-state index contributed by atoms with van der Waals surface area (Å²) in [6.07, 6.45) is 0.130. The van der Waals surface area contributed by atoms with E-state index in [9.17, 15) is 9.90 Å². The number of hydrogen-bond donors (Lipinski definition) is 2. The summed E-state index contributed by atoms with van der Waals surface area (Å²) in [5.41, 5.74) is 6.62. The SMILES string of the molecule is CCOC(=O)C[C@@H](N)c1ccc(O)c(Br)c1.Cl. The van der Waals surface area contributed by atoms with Gasteiger partial charge in [-0.2, -0.15) is 0 Å². The fourth-order valence-corrected chi connectivity index (χ4v) is 1.67. The maximum absolute atomic E-state index is 11.2. The van der Waals surface area contributed by atoms with Crippen LogP contribution in [0.2, 0.25) is 0 Å². The Morgan fingerprint density at radius 1 is 1.59 bits per heavy atom. The lowest BCUT2D eigenvalue weighted by Crippen LogP contribution is -2.17. The standard InChI is InChI=1S/C11H14BrNO3.ClH/c1-2-16-11(15)6-9(13)7-3-4-10(14)8(12)5-7;/h3-5,9,14H,2,6,13H2,1H3;1H/t9-;/m1./s1. The van der Waals surface area contributed by atoms with Crippen molar-refractivity contribution in [3.8, 4) is 5.75 Å². The molecule has 0 aliphatic rings. The molecule has 0 unspecified atom stereocenters. The fourth-order valence-electron chi connectivity index (χ4n) is 1.27. The Bertz CT molecular complexity index is 387.